The Kier molecular flexibility index (Phi) is 6.99. The van der Waals surface area contributed by atoms with E-state index in [1.807, 2.05) is 26.0 Å². The number of likely N-dealkylation sites (N-methyl/N-ethyl adjacent to an activating group) is 1. The number of hydrogen-bond donors (Lipinski definition) is 1. The number of nitrogens with zero attached hydrogens (tertiary/aromatic N) is 1. The van der Waals surface area contributed by atoms with Gasteiger partial charge in [-0.15, -0.1) is 0 Å². The fourth-order valence-electron chi connectivity index (χ4n) is 2.10. The molecule has 4 heteroatoms. The predicted octanol–water partition coefficient (Wildman–Crippen LogP) is 2.57. The second kappa shape index (κ2) is 8.25. The molecule has 1 aromatic carbocycles. The third-order valence-electron chi connectivity index (χ3n) is 3.49. The standard InChI is InChI=1S/C16H28N2O2/c1-6-20-16-8-7-14(13(3)17)9-15(16)10-18(4)12(2)11-19-5/h7-9,12-13H,6,10-11,17H2,1-5H3. The van der Waals surface area contributed by atoms with Gasteiger partial charge in [-0.1, -0.05) is 6.07 Å². The van der Waals surface area contributed by atoms with Crippen molar-refractivity contribution in [3.63, 3.8) is 0 Å². The topological polar surface area (TPSA) is 47.7 Å². The molecule has 0 spiro atoms. The lowest BCUT2D eigenvalue weighted by Gasteiger charge is -2.25. The van der Waals surface area contributed by atoms with Gasteiger partial charge in [-0.05, 0) is 45.5 Å². The van der Waals surface area contributed by atoms with E-state index in [0.717, 1.165) is 17.9 Å². The van der Waals surface area contributed by atoms with E-state index in [1.165, 1.54) is 5.56 Å². The fraction of sp³-hybridized carbons (Fsp3) is 0.625. The van der Waals surface area contributed by atoms with Crippen LogP contribution in [0.25, 0.3) is 0 Å². The van der Waals surface area contributed by atoms with Gasteiger partial charge in [0.05, 0.1) is 13.2 Å². The van der Waals surface area contributed by atoms with Crippen LogP contribution in [0.5, 0.6) is 5.75 Å². The molecule has 1 aromatic rings. The Balaban J connectivity index is 2.91. The van der Waals surface area contributed by atoms with Crippen LogP contribution in [-0.2, 0) is 11.3 Å². The van der Waals surface area contributed by atoms with Crippen molar-refractivity contribution < 1.29 is 9.47 Å². The normalized spacial score (nSPS) is 14.3. The lowest BCUT2D eigenvalue weighted by molar-refractivity contribution is 0.111. The van der Waals surface area contributed by atoms with Gasteiger partial charge in [0, 0.05) is 31.3 Å². The van der Waals surface area contributed by atoms with E-state index >= 15 is 0 Å². The summed E-state index contributed by atoms with van der Waals surface area (Å²) in [6.45, 7) is 8.35. The van der Waals surface area contributed by atoms with Gasteiger partial charge >= 0.3 is 0 Å². The van der Waals surface area contributed by atoms with E-state index in [1.54, 1.807) is 7.11 Å². The third kappa shape index (κ3) is 4.78. The Labute approximate surface area is 122 Å². The Bertz CT molecular complexity index is 407. The maximum absolute atomic E-state index is 5.97. The van der Waals surface area contributed by atoms with Gasteiger partial charge in [0.25, 0.3) is 0 Å². The molecule has 0 radical (unpaired) electrons. The Morgan fingerprint density at radius 2 is 2.00 bits per heavy atom. The molecule has 0 fully saturated rings. The Morgan fingerprint density at radius 1 is 1.30 bits per heavy atom. The highest BCUT2D eigenvalue weighted by molar-refractivity contribution is 5.38. The maximum atomic E-state index is 5.97. The molecule has 0 saturated heterocycles. The van der Waals surface area contributed by atoms with Gasteiger partial charge < -0.3 is 15.2 Å². The van der Waals surface area contributed by atoms with Crippen molar-refractivity contribution in [1.82, 2.24) is 4.90 Å². The molecule has 0 aliphatic heterocycles. The van der Waals surface area contributed by atoms with Crippen molar-refractivity contribution in [2.24, 2.45) is 5.73 Å². The van der Waals surface area contributed by atoms with Gasteiger partial charge in [-0.25, -0.2) is 0 Å². The second-order valence-corrected chi connectivity index (χ2v) is 5.31. The minimum Gasteiger partial charge on any atom is -0.494 e. The van der Waals surface area contributed by atoms with Gasteiger partial charge in [-0.3, -0.25) is 4.90 Å². The van der Waals surface area contributed by atoms with Crippen LogP contribution in [0.2, 0.25) is 0 Å². The minimum absolute atomic E-state index is 0.0335. The molecule has 0 heterocycles. The molecule has 0 saturated carbocycles. The average Bonchev–Trinajstić information content (AvgIpc) is 2.40. The monoisotopic (exact) mass is 280 g/mol. The molecule has 0 aliphatic rings. The Hall–Kier alpha value is -1.10. The summed E-state index contributed by atoms with van der Waals surface area (Å²) in [5.41, 5.74) is 8.28. The van der Waals surface area contributed by atoms with E-state index < -0.39 is 0 Å². The van der Waals surface area contributed by atoms with Crippen LogP contribution < -0.4 is 10.5 Å². The maximum Gasteiger partial charge on any atom is 0.123 e. The van der Waals surface area contributed by atoms with Gasteiger partial charge in [0.1, 0.15) is 5.75 Å². The van der Waals surface area contributed by atoms with Crippen LogP contribution in [-0.4, -0.2) is 38.3 Å². The molecular formula is C16H28N2O2. The number of rotatable bonds is 8. The highest BCUT2D eigenvalue weighted by Gasteiger charge is 2.13. The molecule has 4 nitrogen and oxygen atoms in total. The number of methoxy groups -OCH3 is 1. The van der Waals surface area contributed by atoms with Crippen LogP contribution in [0.1, 0.15) is 37.9 Å². The first-order chi connectivity index (χ1) is 9.49. The summed E-state index contributed by atoms with van der Waals surface area (Å²) in [6.07, 6.45) is 0. The average molecular weight is 280 g/mol. The van der Waals surface area contributed by atoms with Gasteiger partial charge in [-0.2, -0.15) is 0 Å². The lowest BCUT2D eigenvalue weighted by Crippen LogP contribution is -2.32. The van der Waals surface area contributed by atoms with Gasteiger partial charge in [0.2, 0.25) is 0 Å². The zero-order valence-electron chi connectivity index (χ0n) is 13.3. The zero-order valence-corrected chi connectivity index (χ0v) is 13.3. The van der Waals surface area contributed by atoms with Crippen molar-refractivity contribution >= 4 is 0 Å². The van der Waals surface area contributed by atoms with Crippen molar-refractivity contribution in [2.45, 2.75) is 39.4 Å². The van der Waals surface area contributed by atoms with Crippen LogP contribution in [0.3, 0.4) is 0 Å². The highest BCUT2D eigenvalue weighted by Crippen LogP contribution is 2.24. The smallest absolute Gasteiger partial charge is 0.123 e. The van der Waals surface area contributed by atoms with E-state index in [0.29, 0.717) is 19.3 Å². The molecule has 0 bridgehead atoms. The predicted molar refractivity (Wildman–Crippen MR) is 83.0 cm³/mol. The van der Waals surface area contributed by atoms with Gasteiger partial charge in [0.15, 0.2) is 0 Å². The quantitative estimate of drug-likeness (QED) is 0.795. The van der Waals surface area contributed by atoms with Crippen LogP contribution in [0, 0.1) is 0 Å². The molecule has 114 valence electrons. The molecule has 0 aromatic heterocycles. The van der Waals surface area contributed by atoms with Crippen LogP contribution >= 0.6 is 0 Å². The highest BCUT2D eigenvalue weighted by atomic mass is 16.5. The summed E-state index contributed by atoms with van der Waals surface area (Å²) in [5, 5.41) is 0. The molecule has 20 heavy (non-hydrogen) atoms. The van der Waals surface area contributed by atoms with Crippen molar-refractivity contribution in [1.29, 1.82) is 0 Å². The zero-order chi connectivity index (χ0) is 15.1. The summed E-state index contributed by atoms with van der Waals surface area (Å²) >= 11 is 0. The first kappa shape index (κ1) is 17.0. The molecule has 0 aliphatic carbocycles. The van der Waals surface area contributed by atoms with E-state index in [-0.39, 0.29) is 6.04 Å². The fourth-order valence-corrected chi connectivity index (χ4v) is 2.10. The number of nitrogens with two attached hydrogens (primary N) is 1. The van der Waals surface area contributed by atoms with Crippen molar-refractivity contribution in [2.75, 3.05) is 27.4 Å². The number of hydrogen-bond acceptors (Lipinski definition) is 4. The SMILES string of the molecule is CCOc1ccc(C(C)N)cc1CN(C)C(C)COC. The first-order valence-corrected chi connectivity index (χ1v) is 7.20. The molecule has 0 amide bonds. The molecule has 2 unspecified atom stereocenters. The van der Waals surface area contributed by atoms with E-state index in [4.69, 9.17) is 15.2 Å². The third-order valence-corrected chi connectivity index (χ3v) is 3.49. The van der Waals surface area contributed by atoms with Crippen LogP contribution in [0.4, 0.5) is 0 Å². The summed E-state index contributed by atoms with van der Waals surface area (Å²) < 4.78 is 10.9. The largest absolute Gasteiger partial charge is 0.494 e. The summed E-state index contributed by atoms with van der Waals surface area (Å²) in [5.74, 6) is 0.938. The lowest BCUT2D eigenvalue weighted by atomic mass is 10.0. The molecule has 2 atom stereocenters. The van der Waals surface area contributed by atoms with Crippen molar-refractivity contribution in [3.8, 4) is 5.75 Å². The van der Waals surface area contributed by atoms with E-state index in [2.05, 4.69) is 24.9 Å². The van der Waals surface area contributed by atoms with Crippen LogP contribution in [0.15, 0.2) is 18.2 Å². The number of benzene rings is 1. The Morgan fingerprint density at radius 3 is 2.55 bits per heavy atom. The molecule has 1 rings (SSSR count). The first-order valence-electron chi connectivity index (χ1n) is 7.20. The minimum atomic E-state index is 0.0335. The summed E-state index contributed by atoms with van der Waals surface area (Å²) in [6, 6.07) is 6.59. The second-order valence-electron chi connectivity index (χ2n) is 5.31. The van der Waals surface area contributed by atoms with E-state index in [9.17, 15) is 0 Å². The van der Waals surface area contributed by atoms with Crippen molar-refractivity contribution in [3.05, 3.63) is 29.3 Å². The molecular weight excluding hydrogens is 252 g/mol. The number of ether oxygens (including phenoxy) is 2. The summed E-state index contributed by atoms with van der Waals surface area (Å²) in [4.78, 5) is 2.26. The molecule has 2 N–H and O–H groups in total. The summed E-state index contributed by atoms with van der Waals surface area (Å²) in [7, 11) is 3.82.